The van der Waals surface area contributed by atoms with Crippen molar-refractivity contribution >= 4 is 17.5 Å². The van der Waals surface area contributed by atoms with Crippen LogP contribution in [0.4, 0.5) is 5.69 Å². The summed E-state index contributed by atoms with van der Waals surface area (Å²) < 4.78 is 0. The minimum atomic E-state index is -0.507. The van der Waals surface area contributed by atoms with E-state index in [1.54, 1.807) is 0 Å². The fourth-order valence-corrected chi connectivity index (χ4v) is 7.54. The van der Waals surface area contributed by atoms with Crippen molar-refractivity contribution in [1.82, 2.24) is 9.80 Å². The maximum Gasteiger partial charge on any atom is 0.238 e. The molecule has 0 spiro atoms. The second-order valence-corrected chi connectivity index (χ2v) is 11.1. The number of piperazine rings is 1. The molecular formula is C26H37N3O3. The molecule has 2 atom stereocenters. The molecule has 6 nitrogen and oxygen atoms in total. The van der Waals surface area contributed by atoms with Crippen molar-refractivity contribution < 1.29 is 14.7 Å². The highest BCUT2D eigenvalue weighted by Gasteiger charge is 2.57. The average Bonchev–Trinajstić information content (AvgIpc) is 2.72. The van der Waals surface area contributed by atoms with Gasteiger partial charge in [0.1, 0.15) is 0 Å². The number of carbonyl (C=O) groups is 2. The normalized spacial score (nSPS) is 34.0. The minimum Gasteiger partial charge on any atom is -0.390 e. The third-order valence-corrected chi connectivity index (χ3v) is 8.44. The van der Waals surface area contributed by atoms with Gasteiger partial charge in [-0.25, -0.2) is 0 Å². The number of carbonyl (C=O) groups excluding carboxylic acids is 2. The van der Waals surface area contributed by atoms with Gasteiger partial charge in [0.25, 0.3) is 0 Å². The summed E-state index contributed by atoms with van der Waals surface area (Å²) in [6.45, 7) is 5.29. The van der Waals surface area contributed by atoms with Crippen LogP contribution in [0.3, 0.4) is 0 Å². The first-order chi connectivity index (χ1) is 15.4. The van der Waals surface area contributed by atoms with E-state index in [-0.39, 0.29) is 17.2 Å². The zero-order valence-corrected chi connectivity index (χ0v) is 19.3. The maximum absolute atomic E-state index is 13.2. The lowest BCUT2D eigenvalue weighted by Crippen LogP contribution is -2.57. The molecule has 2 N–H and O–H groups in total. The Bertz CT molecular complexity index is 863. The van der Waals surface area contributed by atoms with Crippen LogP contribution in [0.1, 0.15) is 57.4 Å². The Morgan fingerprint density at radius 1 is 1.06 bits per heavy atom. The fraction of sp³-hybridized carbons (Fsp3) is 0.692. The molecule has 174 valence electrons. The number of benzene rings is 1. The van der Waals surface area contributed by atoms with Gasteiger partial charge in [-0.1, -0.05) is 25.1 Å². The molecule has 1 aliphatic heterocycles. The number of hydrogen-bond donors (Lipinski definition) is 2. The van der Waals surface area contributed by atoms with E-state index in [4.69, 9.17) is 0 Å². The first-order valence-electron chi connectivity index (χ1n) is 12.5. The topological polar surface area (TPSA) is 72.9 Å². The van der Waals surface area contributed by atoms with Crippen molar-refractivity contribution in [2.45, 2.75) is 63.9 Å². The van der Waals surface area contributed by atoms with Gasteiger partial charge in [0.15, 0.2) is 0 Å². The van der Waals surface area contributed by atoms with E-state index in [9.17, 15) is 14.7 Å². The number of amides is 2. The molecule has 32 heavy (non-hydrogen) atoms. The molecule has 0 radical (unpaired) electrons. The summed E-state index contributed by atoms with van der Waals surface area (Å²) in [5.41, 5.74) is 1.56. The van der Waals surface area contributed by atoms with Crippen molar-refractivity contribution in [3.05, 3.63) is 29.8 Å². The van der Waals surface area contributed by atoms with E-state index < -0.39 is 5.60 Å². The molecule has 5 aliphatic rings. The van der Waals surface area contributed by atoms with Crippen LogP contribution in [0.25, 0.3) is 0 Å². The number of para-hydroxylation sites is 1. The smallest absolute Gasteiger partial charge is 0.238 e. The molecule has 4 saturated carbocycles. The number of aliphatic hydroxyl groups is 1. The molecular weight excluding hydrogens is 402 g/mol. The van der Waals surface area contributed by atoms with E-state index in [0.29, 0.717) is 37.9 Å². The van der Waals surface area contributed by atoms with Crippen molar-refractivity contribution in [2.24, 2.45) is 17.3 Å². The molecule has 1 saturated heterocycles. The highest BCUT2D eigenvalue weighted by Crippen LogP contribution is 2.62. The Morgan fingerprint density at radius 3 is 2.41 bits per heavy atom. The van der Waals surface area contributed by atoms with Gasteiger partial charge in [0.05, 0.1) is 12.1 Å². The average molecular weight is 440 g/mol. The predicted octanol–water partition coefficient (Wildman–Crippen LogP) is 3.05. The van der Waals surface area contributed by atoms with Crippen LogP contribution in [0, 0.1) is 17.3 Å². The third kappa shape index (κ3) is 4.44. The van der Waals surface area contributed by atoms with Crippen LogP contribution in [0.5, 0.6) is 0 Å². The maximum atomic E-state index is 13.2. The molecule has 1 heterocycles. The van der Waals surface area contributed by atoms with Crippen LogP contribution in [-0.2, 0) is 16.0 Å². The lowest BCUT2D eigenvalue weighted by molar-refractivity contribution is -0.172. The van der Waals surface area contributed by atoms with Crippen LogP contribution in [0.2, 0.25) is 0 Å². The summed E-state index contributed by atoms with van der Waals surface area (Å²) in [6, 6.07) is 7.94. The molecule has 2 unspecified atom stereocenters. The summed E-state index contributed by atoms with van der Waals surface area (Å²) >= 11 is 0. The number of aryl methyl sites for hydroxylation is 1. The summed E-state index contributed by atoms with van der Waals surface area (Å²) in [6.07, 6.45) is 7.69. The Balaban J connectivity index is 1.11. The molecule has 4 bridgehead atoms. The van der Waals surface area contributed by atoms with E-state index in [1.807, 2.05) is 29.2 Å². The van der Waals surface area contributed by atoms with Gasteiger partial charge in [0, 0.05) is 38.3 Å². The summed E-state index contributed by atoms with van der Waals surface area (Å²) in [4.78, 5) is 29.9. The van der Waals surface area contributed by atoms with Crippen molar-refractivity contribution in [2.75, 3.05) is 38.0 Å². The molecule has 2 amide bonds. The standard InChI is InChI=1S/C26H37N3O3/c1-2-21-5-3-4-6-22(21)27-23(30)17-28-7-9-29(10-8-28)24(31)16-25-12-19-11-20(13-25)15-26(32,14-19)18-25/h3-6,19-20,32H,2,7-18H2,1H3,(H,27,30). The van der Waals surface area contributed by atoms with Gasteiger partial charge < -0.3 is 15.3 Å². The number of anilines is 1. The quantitative estimate of drug-likeness (QED) is 0.715. The van der Waals surface area contributed by atoms with Gasteiger partial charge in [-0.2, -0.15) is 0 Å². The molecule has 4 aliphatic carbocycles. The van der Waals surface area contributed by atoms with Crippen LogP contribution >= 0.6 is 0 Å². The van der Waals surface area contributed by atoms with Gasteiger partial charge in [-0.05, 0) is 73.8 Å². The van der Waals surface area contributed by atoms with Crippen molar-refractivity contribution in [1.29, 1.82) is 0 Å². The first-order valence-corrected chi connectivity index (χ1v) is 12.5. The van der Waals surface area contributed by atoms with Crippen LogP contribution in [-0.4, -0.2) is 65.0 Å². The second-order valence-electron chi connectivity index (χ2n) is 11.1. The number of rotatable bonds is 6. The second kappa shape index (κ2) is 8.45. The van der Waals surface area contributed by atoms with Crippen LogP contribution < -0.4 is 5.32 Å². The Labute approximate surface area is 191 Å². The SMILES string of the molecule is CCc1ccccc1NC(=O)CN1CCN(C(=O)CC23CC4CC(CC(O)(C4)C2)C3)CC1. The Morgan fingerprint density at radius 2 is 1.75 bits per heavy atom. The van der Waals surface area contributed by atoms with Crippen LogP contribution in [0.15, 0.2) is 24.3 Å². The van der Waals surface area contributed by atoms with Gasteiger partial charge >= 0.3 is 0 Å². The van der Waals surface area contributed by atoms with Gasteiger partial charge in [-0.15, -0.1) is 0 Å². The van der Waals surface area contributed by atoms with Gasteiger partial charge in [-0.3, -0.25) is 14.5 Å². The number of hydrogen-bond acceptors (Lipinski definition) is 4. The fourth-order valence-electron chi connectivity index (χ4n) is 7.54. The summed E-state index contributed by atoms with van der Waals surface area (Å²) in [5.74, 6) is 1.48. The Kier molecular flexibility index (Phi) is 5.79. The molecule has 0 aromatic heterocycles. The monoisotopic (exact) mass is 439 g/mol. The van der Waals surface area contributed by atoms with E-state index in [2.05, 4.69) is 17.1 Å². The van der Waals surface area contributed by atoms with Gasteiger partial charge in [0.2, 0.25) is 11.8 Å². The molecule has 1 aromatic rings. The van der Waals surface area contributed by atoms with E-state index in [0.717, 1.165) is 62.9 Å². The summed E-state index contributed by atoms with van der Waals surface area (Å²) in [5, 5.41) is 14.0. The zero-order chi connectivity index (χ0) is 22.3. The number of nitrogens with one attached hydrogen (secondary N) is 1. The molecule has 5 fully saturated rings. The largest absolute Gasteiger partial charge is 0.390 e. The lowest BCUT2D eigenvalue weighted by Gasteiger charge is -2.60. The highest BCUT2D eigenvalue weighted by molar-refractivity contribution is 5.93. The first kappa shape index (κ1) is 21.9. The zero-order valence-electron chi connectivity index (χ0n) is 19.3. The molecule has 6 rings (SSSR count). The minimum absolute atomic E-state index is 0.00693. The molecule has 6 heteroatoms. The van der Waals surface area contributed by atoms with E-state index in [1.165, 1.54) is 6.42 Å². The third-order valence-electron chi connectivity index (χ3n) is 8.44. The van der Waals surface area contributed by atoms with Crippen molar-refractivity contribution in [3.8, 4) is 0 Å². The Hall–Kier alpha value is -1.92. The number of nitrogens with zero attached hydrogens (tertiary/aromatic N) is 2. The predicted molar refractivity (Wildman–Crippen MR) is 124 cm³/mol. The molecule has 1 aromatic carbocycles. The van der Waals surface area contributed by atoms with Crippen molar-refractivity contribution in [3.63, 3.8) is 0 Å². The van der Waals surface area contributed by atoms with E-state index >= 15 is 0 Å². The highest BCUT2D eigenvalue weighted by atomic mass is 16.3. The lowest BCUT2D eigenvalue weighted by atomic mass is 9.47. The summed E-state index contributed by atoms with van der Waals surface area (Å²) in [7, 11) is 0.